The molecule has 0 unspecified atom stereocenters. The zero-order chi connectivity index (χ0) is 21.5. The number of nitrogens with zero attached hydrogens (tertiary/aromatic N) is 3. The lowest BCUT2D eigenvalue weighted by atomic mass is 10.2. The highest BCUT2D eigenvalue weighted by atomic mass is 16.5. The van der Waals surface area contributed by atoms with Gasteiger partial charge in [0.15, 0.2) is 5.76 Å². The van der Waals surface area contributed by atoms with Crippen molar-refractivity contribution in [3.63, 3.8) is 0 Å². The first-order chi connectivity index (χ1) is 15.2. The number of carbonyl (C=O) groups is 1. The maximum Gasteiger partial charge on any atom is 0.238 e. The van der Waals surface area contributed by atoms with Gasteiger partial charge in [-0.05, 0) is 29.8 Å². The molecule has 3 aromatic heterocycles. The van der Waals surface area contributed by atoms with E-state index in [9.17, 15) is 4.79 Å². The Morgan fingerprint density at radius 3 is 2.81 bits per heavy atom. The Hall–Kier alpha value is -4.14. The molecule has 3 heterocycles. The predicted molar refractivity (Wildman–Crippen MR) is 109 cm³/mol. The molecule has 0 fully saturated rings. The smallest absolute Gasteiger partial charge is 0.238 e. The Labute approximate surface area is 178 Å². The van der Waals surface area contributed by atoms with Crippen molar-refractivity contribution in [2.45, 2.75) is 19.4 Å². The molecule has 0 aliphatic heterocycles. The molecular weight excluding hydrogens is 400 g/mol. The van der Waals surface area contributed by atoms with Crippen LogP contribution in [0.5, 0.6) is 17.4 Å². The lowest BCUT2D eigenvalue weighted by Gasteiger charge is -2.08. The van der Waals surface area contributed by atoms with E-state index in [1.54, 1.807) is 37.6 Å². The molecule has 0 saturated heterocycles. The van der Waals surface area contributed by atoms with E-state index in [-0.39, 0.29) is 12.3 Å². The zero-order valence-corrected chi connectivity index (χ0v) is 16.8. The number of ether oxygens (including phenoxy) is 2. The first-order valence-corrected chi connectivity index (χ1v) is 9.59. The monoisotopic (exact) mass is 420 g/mol. The number of nitrogens with one attached hydrogen (secondary N) is 1. The van der Waals surface area contributed by atoms with Crippen LogP contribution in [0.1, 0.15) is 17.9 Å². The average molecular weight is 420 g/mol. The topological polar surface area (TPSA) is 113 Å². The summed E-state index contributed by atoms with van der Waals surface area (Å²) in [7, 11) is 1.60. The molecule has 0 aliphatic rings. The van der Waals surface area contributed by atoms with Gasteiger partial charge in [-0.15, -0.1) is 0 Å². The van der Waals surface area contributed by atoms with Crippen LogP contribution in [0.25, 0.3) is 11.6 Å². The largest absolute Gasteiger partial charge is 0.497 e. The second-order valence-electron chi connectivity index (χ2n) is 6.55. The van der Waals surface area contributed by atoms with Crippen LogP contribution in [0.15, 0.2) is 69.9 Å². The number of aromatic nitrogens is 3. The number of hydrogen-bond acceptors (Lipinski definition) is 8. The summed E-state index contributed by atoms with van der Waals surface area (Å²) in [6, 6.07) is 14.3. The third-order valence-electron chi connectivity index (χ3n) is 4.33. The first kappa shape index (κ1) is 20.1. The number of furan rings is 1. The highest BCUT2D eigenvalue weighted by molar-refractivity contribution is 5.76. The maximum absolute atomic E-state index is 12.1. The van der Waals surface area contributed by atoms with E-state index < -0.39 is 0 Å². The molecule has 4 rings (SSSR count). The van der Waals surface area contributed by atoms with Crippen molar-refractivity contribution >= 4 is 5.91 Å². The molecule has 1 N–H and O–H groups in total. The summed E-state index contributed by atoms with van der Waals surface area (Å²) >= 11 is 0. The number of pyridine rings is 1. The van der Waals surface area contributed by atoms with E-state index in [2.05, 4.69) is 20.4 Å². The van der Waals surface area contributed by atoms with Crippen molar-refractivity contribution in [2.24, 2.45) is 0 Å². The molecule has 31 heavy (non-hydrogen) atoms. The normalized spacial score (nSPS) is 10.6. The molecule has 0 atom stereocenters. The highest BCUT2D eigenvalue weighted by Crippen LogP contribution is 2.23. The van der Waals surface area contributed by atoms with Crippen molar-refractivity contribution < 1.29 is 23.2 Å². The van der Waals surface area contributed by atoms with E-state index in [1.807, 2.05) is 24.3 Å². The molecule has 0 aliphatic carbocycles. The van der Waals surface area contributed by atoms with E-state index in [1.165, 1.54) is 6.26 Å². The molecule has 0 bridgehead atoms. The summed E-state index contributed by atoms with van der Waals surface area (Å²) in [5.74, 6) is 2.91. The Kier molecular flexibility index (Phi) is 6.22. The van der Waals surface area contributed by atoms with E-state index in [0.717, 1.165) is 5.56 Å². The number of aryl methyl sites for hydroxylation is 1. The Morgan fingerprint density at radius 2 is 2.03 bits per heavy atom. The van der Waals surface area contributed by atoms with Gasteiger partial charge >= 0.3 is 0 Å². The lowest BCUT2D eigenvalue weighted by molar-refractivity contribution is -0.121. The predicted octanol–water partition coefficient (Wildman–Crippen LogP) is 3.77. The standard InChI is InChI=1S/C22H20N4O5/c1-28-16-4-2-5-17(12-16)30-20-9-7-15(14-24-20)13-23-19(27)8-10-21-25-22(26-31-21)18-6-3-11-29-18/h2-7,9,11-12,14H,8,10,13H2,1H3,(H,23,27). The Balaban J connectivity index is 1.23. The van der Waals surface area contributed by atoms with Gasteiger partial charge in [0.25, 0.3) is 0 Å². The van der Waals surface area contributed by atoms with Crippen molar-refractivity contribution in [3.05, 3.63) is 72.4 Å². The third-order valence-corrected chi connectivity index (χ3v) is 4.33. The number of rotatable bonds is 9. The highest BCUT2D eigenvalue weighted by Gasteiger charge is 2.12. The van der Waals surface area contributed by atoms with Crippen molar-refractivity contribution in [1.82, 2.24) is 20.4 Å². The molecule has 0 radical (unpaired) electrons. The number of methoxy groups -OCH3 is 1. The summed E-state index contributed by atoms with van der Waals surface area (Å²) in [6.45, 7) is 0.354. The average Bonchev–Trinajstić information content (AvgIpc) is 3.49. The van der Waals surface area contributed by atoms with E-state index >= 15 is 0 Å². The Morgan fingerprint density at radius 1 is 1.13 bits per heavy atom. The zero-order valence-electron chi connectivity index (χ0n) is 16.8. The minimum absolute atomic E-state index is 0.130. The van der Waals surface area contributed by atoms with Gasteiger partial charge in [0, 0.05) is 37.7 Å². The summed E-state index contributed by atoms with van der Waals surface area (Å²) in [5.41, 5.74) is 0.851. The first-order valence-electron chi connectivity index (χ1n) is 9.59. The molecule has 1 amide bonds. The van der Waals surface area contributed by atoms with Crippen LogP contribution in [-0.2, 0) is 17.8 Å². The van der Waals surface area contributed by atoms with Crippen molar-refractivity contribution in [3.8, 4) is 29.0 Å². The van der Waals surface area contributed by atoms with Gasteiger partial charge in [-0.1, -0.05) is 17.3 Å². The summed E-state index contributed by atoms with van der Waals surface area (Å²) in [4.78, 5) is 20.6. The van der Waals surface area contributed by atoms with E-state index in [0.29, 0.717) is 47.8 Å². The van der Waals surface area contributed by atoms with Crippen molar-refractivity contribution in [2.75, 3.05) is 7.11 Å². The molecule has 0 saturated carbocycles. The molecule has 9 nitrogen and oxygen atoms in total. The van der Waals surface area contributed by atoms with Crippen LogP contribution in [0.2, 0.25) is 0 Å². The third kappa shape index (κ3) is 5.47. The van der Waals surface area contributed by atoms with Gasteiger partial charge in [0.05, 0.1) is 13.4 Å². The molecule has 9 heteroatoms. The SMILES string of the molecule is COc1cccc(Oc2ccc(CNC(=O)CCc3nc(-c4ccco4)no3)cn2)c1. The fraction of sp³-hybridized carbons (Fsp3) is 0.182. The van der Waals surface area contributed by atoms with Gasteiger partial charge < -0.3 is 23.7 Å². The number of benzene rings is 1. The minimum atomic E-state index is -0.130. The van der Waals surface area contributed by atoms with Gasteiger partial charge in [-0.2, -0.15) is 4.98 Å². The van der Waals surface area contributed by atoms with Gasteiger partial charge in [0.1, 0.15) is 11.5 Å². The maximum atomic E-state index is 12.1. The fourth-order valence-electron chi connectivity index (χ4n) is 2.73. The van der Waals surface area contributed by atoms with Crippen LogP contribution in [0, 0.1) is 0 Å². The Bertz CT molecular complexity index is 1120. The molecular formula is C22H20N4O5. The molecule has 4 aromatic rings. The summed E-state index contributed by atoms with van der Waals surface area (Å²) < 4.78 is 21.2. The van der Waals surface area contributed by atoms with Gasteiger partial charge in [0.2, 0.25) is 23.5 Å². The summed E-state index contributed by atoms with van der Waals surface area (Å²) in [5, 5.41) is 6.68. The van der Waals surface area contributed by atoms with E-state index in [4.69, 9.17) is 18.4 Å². The van der Waals surface area contributed by atoms with Crippen LogP contribution in [0.3, 0.4) is 0 Å². The minimum Gasteiger partial charge on any atom is -0.497 e. The number of hydrogen-bond donors (Lipinski definition) is 1. The number of carbonyl (C=O) groups excluding carboxylic acids is 1. The second-order valence-corrected chi connectivity index (χ2v) is 6.55. The van der Waals surface area contributed by atoms with Crippen LogP contribution >= 0.6 is 0 Å². The summed E-state index contributed by atoms with van der Waals surface area (Å²) in [6.07, 6.45) is 3.75. The molecule has 0 spiro atoms. The van der Waals surface area contributed by atoms with Gasteiger partial charge in [-0.3, -0.25) is 4.79 Å². The fourth-order valence-corrected chi connectivity index (χ4v) is 2.73. The molecule has 158 valence electrons. The number of amides is 1. The van der Waals surface area contributed by atoms with Crippen molar-refractivity contribution in [1.29, 1.82) is 0 Å². The second kappa shape index (κ2) is 9.57. The van der Waals surface area contributed by atoms with Gasteiger partial charge in [-0.25, -0.2) is 4.98 Å². The van der Waals surface area contributed by atoms with Crippen LogP contribution < -0.4 is 14.8 Å². The molecule has 1 aromatic carbocycles. The van der Waals surface area contributed by atoms with Crippen LogP contribution in [-0.4, -0.2) is 28.1 Å². The lowest BCUT2D eigenvalue weighted by Crippen LogP contribution is -2.23. The quantitative estimate of drug-likeness (QED) is 0.435. The van der Waals surface area contributed by atoms with Crippen LogP contribution in [0.4, 0.5) is 0 Å².